The number of aliphatic hydroxyl groups excluding tert-OH is 1. The van der Waals surface area contributed by atoms with Gasteiger partial charge in [-0.3, -0.25) is 0 Å². The number of hydrogen-bond donors (Lipinski definition) is 1. The van der Waals surface area contributed by atoms with Crippen LogP contribution in [0.1, 0.15) is 110 Å². The zero-order chi connectivity index (χ0) is 19.3. The van der Waals surface area contributed by atoms with Gasteiger partial charge in [-0.25, -0.2) is 0 Å². The van der Waals surface area contributed by atoms with Gasteiger partial charge in [0, 0.05) is 6.61 Å². The zero-order valence-electron chi connectivity index (χ0n) is 18.0. The largest absolute Gasteiger partial charge is 0.396 e. The third-order valence-corrected chi connectivity index (χ3v) is 4.85. The maximum atomic E-state index is 8.59. The van der Waals surface area contributed by atoms with Crippen LogP contribution in [-0.4, -0.2) is 11.7 Å². The molecule has 1 rings (SSSR count). The minimum Gasteiger partial charge on any atom is -0.396 e. The quantitative estimate of drug-likeness (QED) is 0.314. The molecule has 0 amide bonds. The van der Waals surface area contributed by atoms with Crippen molar-refractivity contribution < 1.29 is 5.11 Å². The lowest BCUT2D eigenvalue weighted by Crippen LogP contribution is -1.87. The van der Waals surface area contributed by atoms with E-state index in [1.807, 2.05) is 0 Å². The summed E-state index contributed by atoms with van der Waals surface area (Å²) < 4.78 is 0. The molecule has 0 saturated heterocycles. The molecule has 0 radical (unpaired) electrons. The van der Waals surface area contributed by atoms with Crippen LogP contribution in [0.2, 0.25) is 0 Å². The monoisotopic (exact) mass is 362 g/mol. The maximum absolute atomic E-state index is 8.59. The summed E-state index contributed by atoms with van der Waals surface area (Å²) in [6.07, 6.45) is 18.6. The number of rotatable bonds is 15. The molecule has 0 atom stereocenters. The first-order valence-electron chi connectivity index (χ1n) is 11.4. The SMILES string of the molecule is CC(C)CCCCCCCCCCO.CCCCCCc1ccccc1. The highest BCUT2D eigenvalue weighted by molar-refractivity contribution is 5.14. The fraction of sp³-hybridized carbons (Fsp3) is 0.760. The van der Waals surface area contributed by atoms with Gasteiger partial charge in [0.25, 0.3) is 0 Å². The molecule has 1 aromatic carbocycles. The second kappa shape index (κ2) is 20.5. The first-order chi connectivity index (χ1) is 12.7. The topological polar surface area (TPSA) is 20.2 Å². The first kappa shape index (κ1) is 25.2. The second-order valence-electron chi connectivity index (χ2n) is 8.03. The Bertz CT molecular complexity index is 358. The van der Waals surface area contributed by atoms with Crippen molar-refractivity contribution in [2.75, 3.05) is 6.61 Å². The summed E-state index contributed by atoms with van der Waals surface area (Å²) in [6.45, 7) is 7.22. The predicted molar refractivity (Wildman–Crippen MR) is 118 cm³/mol. The highest BCUT2D eigenvalue weighted by Gasteiger charge is 1.95. The Balaban J connectivity index is 0.000000485. The molecule has 0 aliphatic rings. The molecule has 1 nitrogen and oxygen atoms in total. The average Bonchev–Trinajstić information content (AvgIpc) is 2.65. The number of aliphatic hydroxyl groups is 1. The zero-order valence-corrected chi connectivity index (χ0v) is 18.0. The Morgan fingerprint density at radius 2 is 1.23 bits per heavy atom. The lowest BCUT2D eigenvalue weighted by atomic mass is 10.0. The van der Waals surface area contributed by atoms with Crippen molar-refractivity contribution in [3.8, 4) is 0 Å². The average molecular weight is 363 g/mol. The van der Waals surface area contributed by atoms with Crippen molar-refractivity contribution in [3.05, 3.63) is 35.9 Å². The van der Waals surface area contributed by atoms with Crippen molar-refractivity contribution >= 4 is 0 Å². The fourth-order valence-electron chi connectivity index (χ4n) is 3.13. The maximum Gasteiger partial charge on any atom is 0.0431 e. The Hall–Kier alpha value is -0.820. The van der Waals surface area contributed by atoms with Crippen molar-refractivity contribution in [1.29, 1.82) is 0 Å². The molecule has 0 spiro atoms. The Kier molecular flexibility index (Phi) is 19.8. The van der Waals surface area contributed by atoms with E-state index in [0.717, 1.165) is 12.3 Å². The molecule has 0 bridgehead atoms. The van der Waals surface area contributed by atoms with E-state index in [-0.39, 0.29) is 0 Å². The normalized spacial score (nSPS) is 10.7. The highest BCUT2D eigenvalue weighted by atomic mass is 16.2. The lowest BCUT2D eigenvalue weighted by molar-refractivity contribution is 0.282. The Morgan fingerprint density at radius 1 is 0.692 bits per heavy atom. The van der Waals surface area contributed by atoms with E-state index in [1.165, 1.54) is 89.0 Å². The van der Waals surface area contributed by atoms with Gasteiger partial charge in [0.1, 0.15) is 0 Å². The van der Waals surface area contributed by atoms with Crippen LogP contribution in [0.3, 0.4) is 0 Å². The van der Waals surface area contributed by atoms with Crippen LogP contribution in [0.25, 0.3) is 0 Å². The Morgan fingerprint density at radius 3 is 1.77 bits per heavy atom. The van der Waals surface area contributed by atoms with E-state index >= 15 is 0 Å². The molecule has 1 N–H and O–H groups in total. The van der Waals surface area contributed by atoms with Crippen LogP contribution >= 0.6 is 0 Å². The van der Waals surface area contributed by atoms with Crippen molar-refractivity contribution in [2.24, 2.45) is 5.92 Å². The number of unbranched alkanes of at least 4 members (excludes halogenated alkanes) is 10. The molecule has 0 unspecified atom stereocenters. The second-order valence-corrected chi connectivity index (χ2v) is 8.03. The van der Waals surface area contributed by atoms with Crippen molar-refractivity contribution in [3.63, 3.8) is 0 Å². The molecule has 1 heteroatoms. The van der Waals surface area contributed by atoms with Gasteiger partial charge in [-0.15, -0.1) is 0 Å². The number of hydrogen-bond acceptors (Lipinski definition) is 1. The molecule has 0 fully saturated rings. The molecular weight excluding hydrogens is 316 g/mol. The summed E-state index contributed by atoms with van der Waals surface area (Å²) in [6, 6.07) is 10.7. The Labute approximate surface area is 164 Å². The molecule has 152 valence electrons. The number of benzene rings is 1. The lowest BCUT2D eigenvalue weighted by Gasteiger charge is -2.04. The van der Waals surface area contributed by atoms with E-state index < -0.39 is 0 Å². The summed E-state index contributed by atoms with van der Waals surface area (Å²) in [5, 5.41) is 8.59. The van der Waals surface area contributed by atoms with E-state index in [2.05, 4.69) is 51.1 Å². The van der Waals surface area contributed by atoms with Crippen LogP contribution in [0, 0.1) is 5.92 Å². The van der Waals surface area contributed by atoms with Crippen LogP contribution < -0.4 is 0 Å². The van der Waals surface area contributed by atoms with Crippen LogP contribution in [0.15, 0.2) is 30.3 Å². The van der Waals surface area contributed by atoms with Crippen LogP contribution in [0.4, 0.5) is 0 Å². The summed E-state index contributed by atoms with van der Waals surface area (Å²) in [7, 11) is 0. The fourth-order valence-corrected chi connectivity index (χ4v) is 3.13. The minimum absolute atomic E-state index is 0.369. The van der Waals surface area contributed by atoms with Gasteiger partial charge >= 0.3 is 0 Å². The van der Waals surface area contributed by atoms with Gasteiger partial charge in [0.05, 0.1) is 0 Å². The molecular formula is C25H46O. The van der Waals surface area contributed by atoms with Crippen LogP contribution in [0.5, 0.6) is 0 Å². The third kappa shape index (κ3) is 19.5. The van der Waals surface area contributed by atoms with Gasteiger partial charge < -0.3 is 5.11 Å². The molecule has 0 heterocycles. The highest BCUT2D eigenvalue weighted by Crippen LogP contribution is 2.12. The third-order valence-electron chi connectivity index (χ3n) is 4.85. The van der Waals surface area contributed by atoms with E-state index in [1.54, 1.807) is 0 Å². The summed E-state index contributed by atoms with van der Waals surface area (Å²) in [4.78, 5) is 0. The molecule has 0 aromatic heterocycles. The summed E-state index contributed by atoms with van der Waals surface area (Å²) in [5.74, 6) is 0.875. The molecule has 1 aromatic rings. The van der Waals surface area contributed by atoms with Crippen molar-refractivity contribution in [1.82, 2.24) is 0 Å². The van der Waals surface area contributed by atoms with E-state index in [0.29, 0.717) is 6.61 Å². The number of aryl methyl sites for hydroxylation is 1. The van der Waals surface area contributed by atoms with Gasteiger partial charge in [-0.05, 0) is 30.7 Å². The van der Waals surface area contributed by atoms with Crippen LogP contribution in [-0.2, 0) is 6.42 Å². The first-order valence-corrected chi connectivity index (χ1v) is 11.4. The minimum atomic E-state index is 0.369. The van der Waals surface area contributed by atoms with Gasteiger partial charge in [-0.1, -0.05) is 122 Å². The van der Waals surface area contributed by atoms with E-state index in [4.69, 9.17) is 5.11 Å². The van der Waals surface area contributed by atoms with E-state index in [9.17, 15) is 0 Å². The molecule has 0 aliphatic carbocycles. The molecule has 0 saturated carbocycles. The van der Waals surface area contributed by atoms with Gasteiger partial charge in [0.2, 0.25) is 0 Å². The summed E-state index contributed by atoms with van der Waals surface area (Å²) >= 11 is 0. The van der Waals surface area contributed by atoms with Gasteiger partial charge in [0.15, 0.2) is 0 Å². The van der Waals surface area contributed by atoms with Crippen molar-refractivity contribution in [2.45, 2.75) is 111 Å². The molecule has 26 heavy (non-hydrogen) atoms. The predicted octanol–water partition coefficient (Wildman–Crippen LogP) is 7.96. The smallest absolute Gasteiger partial charge is 0.0431 e. The van der Waals surface area contributed by atoms with Gasteiger partial charge in [-0.2, -0.15) is 0 Å². The summed E-state index contributed by atoms with van der Waals surface area (Å²) in [5.41, 5.74) is 1.48. The molecule has 0 aliphatic heterocycles. The standard InChI is InChI=1S/C13H28O.C12H18/c1-13(2)11-9-7-5-3-4-6-8-10-12-14;1-2-3-4-6-9-12-10-7-5-8-11-12/h13-14H,3-12H2,1-2H3;5,7-8,10-11H,2-4,6,9H2,1H3.